The van der Waals surface area contributed by atoms with Crippen molar-refractivity contribution in [2.75, 3.05) is 6.61 Å². The molecule has 7 heteroatoms. The molecule has 0 aromatic heterocycles. The lowest BCUT2D eigenvalue weighted by Gasteiger charge is -2.33. The lowest BCUT2D eigenvalue weighted by molar-refractivity contribution is -0.143. The smallest absolute Gasteiger partial charge is 0.261 e. The van der Waals surface area contributed by atoms with Crippen LogP contribution in [0.25, 0.3) is 0 Å². The lowest BCUT2D eigenvalue weighted by Crippen LogP contribution is -2.54. The highest BCUT2D eigenvalue weighted by Gasteiger charge is 2.31. The second-order valence-corrected chi connectivity index (χ2v) is 10.2. The summed E-state index contributed by atoms with van der Waals surface area (Å²) in [5, 5.41) is 3.86. The van der Waals surface area contributed by atoms with Gasteiger partial charge in [0.1, 0.15) is 11.8 Å². The van der Waals surface area contributed by atoms with Crippen molar-refractivity contribution in [3.05, 3.63) is 63.6 Å². The van der Waals surface area contributed by atoms with Crippen LogP contribution in [0.5, 0.6) is 5.75 Å². The van der Waals surface area contributed by atoms with E-state index >= 15 is 0 Å². The van der Waals surface area contributed by atoms with Crippen LogP contribution in [0.4, 0.5) is 0 Å². The summed E-state index contributed by atoms with van der Waals surface area (Å²) in [7, 11) is 0. The quantitative estimate of drug-likeness (QED) is 0.451. The minimum atomic E-state index is -0.701. The molecule has 0 aliphatic heterocycles. The molecule has 2 rings (SSSR count). The Morgan fingerprint density at radius 2 is 1.64 bits per heavy atom. The third kappa shape index (κ3) is 7.65. The van der Waals surface area contributed by atoms with E-state index in [0.29, 0.717) is 27.8 Å². The molecule has 2 amide bonds. The van der Waals surface area contributed by atoms with E-state index in [1.807, 2.05) is 52.0 Å². The van der Waals surface area contributed by atoms with Crippen LogP contribution in [0.3, 0.4) is 0 Å². The molecule has 0 aliphatic rings. The van der Waals surface area contributed by atoms with Gasteiger partial charge in [-0.3, -0.25) is 9.59 Å². The summed E-state index contributed by atoms with van der Waals surface area (Å²) < 4.78 is 5.93. The Kier molecular flexibility index (Phi) is 9.62. The van der Waals surface area contributed by atoms with Gasteiger partial charge < -0.3 is 15.0 Å². The van der Waals surface area contributed by atoms with E-state index in [1.165, 1.54) is 4.90 Å². The second-order valence-electron chi connectivity index (χ2n) is 9.37. The highest BCUT2D eigenvalue weighted by Crippen LogP contribution is 2.28. The third-order valence-corrected chi connectivity index (χ3v) is 5.87. The Bertz CT molecular complexity index is 950. The van der Waals surface area contributed by atoms with Gasteiger partial charge in [-0.25, -0.2) is 0 Å². The van der Waals surface area contributed by atoms with Crippen molar-refractivity contribution in [2.24, 2.45) is 0 Å². The van der Waals surface area contributed by atoms with Crippen molar-refractivity contribution in [1.29, 1.82) is 0 Å². The van der Waals surface area contributed by atoms with E-state index in [0.717, 1.165) is 5.56 Å². The third-order valence-electron chi connectivity index (χ3n) is 5.17. The molecule has 33 heavy (non-hydrogen) atoms. The average molecular weight is 493 g/mol. The van der Waals surface area contributed by atoms with Gasteiger partial charge in [0.2, 0.25) is 5.91 Å². The normalized spacial score (nSPS) is 12.4. The molecular formula is C26H34Cl2N2O3. The zero-order valence-corrected chi connectivity index (χ0v) is 21.8. The Balaban J connectivity index is 2.35. The minimum Gasteiger partial charge on any atom is -0.483 e. The Labute approximate surface area is 207 Å². The Morgan fingerprint density at radius 3 is 2.18 bits per heavy atom. The monoisotopic (exact) mass is 492 g/mol. The lowest BCUT2D eigenvalue weighted by atomic mass is 10.0. The van der Waals surface area contributed by atoms with Gasteiger partial charge in [-0.2, -0.15) is 0 Å². The van der Waals surface area contributed by atoms with Crippen LogP contribution in [0.1, 0.15) is 65.0 Å². The first-order chi connectivity index (χ1) is 15.4. The number of amides is 2. The van der Waals surface area contributed by atoms with E-state index in [-0.39, 0.29) is 30.9 Å². The number of carbonyl (C=O) groups is 2. The number of carbonyl (C=O) groups excluding carboxylic acids is 2. The van der Waals surface area contributed by atoms with E-state index in [2.05, 4.69) is 19.2 Å². The topological polar surface area (TPSA) is 58.6 Å². The molecule has 0 unspecified atom stereocenters. The standard InChI is InChI=1S/C26H34Cl2N2O3/c1-7-22(25(32)29-26(4,5)6)30(15-19-20(27)12-10-13-21(19)28)24(31)16-33-23-14-9-8-11-18(23)17(2)3/h8-14,17,22H,7,15-16H2,1-6H3,(H,29,32)/t22-/m0/s1. The molecule has 0 saturated carbocycles. The number of hydrogen-bond donors (Lipinski definition) is 1. The molecule has 1 atom stereocenters. The summed E-state index contributed by atoms with van der Waals surface area (Å²) in [5.74, 6) is 0.351. The first kappa shape index (κ1) is 27.0. The fraction of sp³-hybridized carbons (Fsp3) is 0.462. The summed E-state index contributed by atoms with van der Waals surface area (Å²) in [6.07, 6.45) is 0.429. The molecule has 0 aliphatic carbocycles. The van der Waals surface area contributed by atoms with Crippen molar-refractivity contribution >= 4 is 35.0 Å². The molecule has 2 aromatic carbocycles. The molecular weight excluding hydrogens is 459 g/mol. The van der Waals surface area contributed by atoms with E-state index in [9.17, 15) is 9.59 Å². The summed E-state index contributed by atoms with van der Waals surface area (Å²) in [4.78, 5) is 28.0. The molecule has 2 aromatic rings. The maximum atomic E-state index is 13.4. The summed E-state index contributed by atoms with van der Waals surface area (Å²) in [5.41, 5.74) is 1.18. The maximum absolute atomic E-state index is 13.4. The van der Waals surface area contributed by atoms with Crippen LogP contribution in [0, 0.1) is 0 Å². The largest absolute Gasteiger partial charge is 0.483 e. The average Bonchev–Trinajstić information content (AvgIpc) is 2.72. The number of rotatable bonds is 9. The van der Waals surface area contributed by atoms with E-state index in [4.69, 9.17) is 27.9 Å². The molecule has 0 saturated heterocycles. The number of benzene rings is 2. The van der Waals surface area contributed by atoms with Gasteiger partial charge in [0.25, 0.3) is 5.91 Å². The van der Waals surface area contributed by atoms with E-state index in [1.54, 1.807) is 18.2 Å². The van der Waals surface area contributed by atoms with Gasteiger partial charge in [-0.05, 0) is 56.9 Å². The first-order valence-electron chi connectivity index (χ1n) is 11.2. The molecule has 0 heterocycles. The predicted octanol–water partition coefficient (Wildman–Crippen LogP) is 6.22. The van der Waals surface area contributed by atoms with Crippen LogP contribution in [0.15, 0.2) is 42.5 Å². The molecule has 0 bridgehead atoms. The zero-order chi connectivity index (χ0) is 24.8. The predicted molar refractivity (Wildman–Crippen MR) is 135 cm³/mol. The van der Waals surface area contributed by atoms with Crippen LogP contribution < -0.4 is 10.1 Å². The van der Waals surface area contributed by atoms with Crippen molar-refractivity contribution in [3.8, 4) is 5.75 Å². The van der Waals surface area contributed by atoms with Crippen LogP contribution in [0.2, 0.25) is 10.0 Å². The minimum absolute atomic E-state index is 0.0998. The number of nitrogens with one attached hydrogen (secondary N) is 1. The highest BCUT2D eigenvalue weighted by atomic mass is 35.5. The molecule has 180 valence electrons. The fourth-order valence-corrected chi connectivity index (χ4v) is 4.05. The molecule has 0 spiro atoms. The Morgan fingerprint density at radius 1 is 1.03 bits per heavy atom. The van der Waals surface area contributed by atoms with Crippen molar-refractivity contribution in [2.45, 2.75) is 72.0 Å². The summed E-state index contributed by atoms with van der Waals surface area (Å²) in [6.45, 7) is 11.6. The van der Waals surface area contributed by atoms with Crippen molar-refractivity contribution < 1.29 is 14.3 Å². The number of halogens is 2. The Hall–Kier alpha value is -2.24. The highest BCUT2D eigenvalue weighted by molar-refractivity contribution is 6.36. The van der Waals surface area contributed by atoms with Gasteiger partial charge in [0, 0.05) is 27.7 Å². The fourth-order valence-electron chi connectivity index (χ4n) is 3.54. The van der Waals surface area contributed by atoms with E-state index < -0.39 is 11.6 Å². The molecule has 1 N–H and O–H groups in total. The number of para-hydroxylation sites is 1. The van der Waals surface area contributed by atoms with Crippen LogP contribution in [-0.2, 0) is 16.1 Å². The SMILES string of the molecule is CC[C@@H](C(=O)NC(C)(C)C)N(Cc1c(Cl)cccc1Cl)C(=O)COc1ccccc1C(C)C. The van der Waals surface area contributed by atoms with Crippen LogP contribution in [-0.4, -0.2) is 34.9 Å². The number of nitrogens with zero attached hydrogens (tertiary/aromatic N) is 1. The summed E-state index contributed by atoms with van der Waals surface area (Å²) in [6, 6.07) is 12.1. The second kappa shape index (κ2) is 11.8. The molecule has 0 radical (unpaired) electrons. The molecule has 0 fully saturated rings. The summed E-state index contributed by atoms with van der Waals surface area (Å²) >= 11 is 12.8. The van der Waals surface area contributed by atoms with Gasteiger partial charge in [-0.1, -0.05) is 68.2 Å². The van der Waals surface area contributed by atoms with Gasteiger partial charge >= 0.3 is 0 Å². The number of hydrogen-bond acceptors (Lipinski definition) is 3. The van der Waals surface area contributed by atoms with Crippen LogP contribution >= 0.6 is 23.2 Å². The molecule has 5 nitrogen and oxygen atoms in total. The zero-order valence-electron chi connectivity index (χ0n) is 20.2. The van der Waals surface area contributed by atoms with Crippen molar-refractivity contribution in [1.82, 2.24) is 10.2 Å². The van der Waals surface area contributed by atoms with Gasteiger partial charge in [0.15, 0.2) is 6.61 Å². The van der Waals surface area contributed by atoms with Crippen molar-refractivity contribution in [3.63, 3.8) is 0 Å². The number of ether oxygens (including phenoxy) is 1. The first-order valence-corrected chi connectivity index (χ1v) is 12.0. The maximum Gasteiger partial charge on any atom is 0.261 e. The van der Waals surface area contributed by atoms with Gasteiger partial charge in [-0.15, -0.1) is 0 Å². The van der Waals surface area contributed by atoms with Gasteiger partial charge in [0.05, 0.1) is 0 Å².